The number of sulfone groups is 1. The van der Waals surface area contributed by atoms with Crippen LogP contribution in [0.1, 0.15) is 49.2 Å². The zero-order chi connectivity index (χ0) is 26.1. The molecule has 0 radical (unpaired) electrons. The van der Waals surface area contributed by atoms with Crippen LogP contribution in [0.3, 0.4) is 0 Å². The number of rotatable bonds is 4. The van der Waals surface area contributed by atoms with Gasteiger partial charge in [-0.25, -0.2) is 18.4 Å². The van der Waals surface area contributed by atoms with Crippen LogP contribution in [0.2, 0.25) is 0 Å². The van der Waals surface area contributed by atoms with Crippen molar-refractivity contribution in [3.8, 4) is 22.5 Å². The number of nitrogens with two attached hydrogens (primary N) is 1. The molecule has 2 saturated heterocycles. The van der Waals surface area contributed by atoms with Crippen molar-refractivity contribution in [2.24, 2.45) is 0 Å². The normalized spacial score (nSPS) is 21.6. The first-order chi connectivity index (χ1) is 17.6. The largest absolute Gasteiger partial charge is 0.382 e. The van der Waals surface area contributed by atoms with Gasteiger partial charge in [0.15, 0.2) is 15.5 Å². The highest BCUT2D eigenvalue weighted by molar-refractivity contribution is 7.91. The van der Waals surface area contributed by atoms with E-state index in [0.29, 0.717) is 29.7 Å². The van der Waals surface area contributed by atoms with Crippen molar-refractivity contribution in [1.29, 1.82) is 0 Å². The molecule has 0 spiro atoms. The number of fused-ring (bicyclic) bond motifs is 3. The molecule has 6 heterocycles. The van der Waals surface area contributed by atoms with Crippen LogP contribution < -0.4 is 5.73 Å². The Morgan fingerprint density at radius 2 is 1.84 bits per heavy atom. The second kappa shape index (κ2) is 8.59. The Hall–Kier alpha value is -3.38. The van der Waals surface area contributed by atoms with Crippen molar-refractivity contribution in [2.75, 3.05) is 12.0 Å². The number of nitrogen functional groups attached to an aromatic ring is 1. The maximum Gasteiger partial charge on any atom is 0.219 e. The summed E-state index contributed by atoms with van der Waals surface area (Å²) in [5, 5.41) is 7.33. The maximum absolute atomic E-state index is 12.9. The summed E-state index contributed by atoms with van der Waals surface area (Å²) in [6.45, 7) is 3.55. The lowest BCUT2D eigenvalue weighted by atomic mass is 9.87. The van der Waals surface area contributed by atoms with Gasteiger partial charge in [-0.1, -0.05) is 6.07 Å². The van der Waals surface area contributed by atoms with Crippen molar-refractivity contribution in [3.63, 3.8) is 0 Å². The van der Waals surface area contributed by atoms with Crippen molar-refractivity contribution in [1.82, 2.24) is 29.5 Å². The average molecular weight is 538 g/mol. The number of piperidine rings is 1. The molecule has 2 N–H and O–H groups in total. The minimum atomic E-state index is -3.69. The van der Waals surface area contributed by atoms with E-state index in [-0.39, 0.29) is 34.6 Å². The van der Waals surface area contributed by atoms with E-state index in [1.54, 1.807) is 30.7 Å². The summed E-state index contributed by atoms with van der Waals surface area (Å²) in [5.74, 6) is -0.00190. The molecule has 6 rings (SSSR count). The van der Waals surface area contributed by atoms with E-state index in [2.05, 4.69) is 15.1 Å². The summed E-state index contributed by atoms with van der Waals surface area (Å²) in [6.07, 6.45) is 7.70. The first-order valence-corrected chi connectivity index (χ1v) is 14.9. The van der Waals surface area contributed by atoms with Crippen LogP contribution in [0.15, 0.2) is 34.8 Å². The van der Waals surface area contributed by atoms with E-state index in [1.807, 2.05) is 29.3 Å². The number of anilines is 1. The molecular weight excluding hydrogens is 510 g/mol. The van der Waals surface area contributed by atoms with Gasteiger partial charge in [0.25, 0.3) is 0 Å². The summed E-state index contributed by atoms with van der Waals surface area (Å²) < 4.78 is 27.2. The summed E-state index contributed by atoms with van der Waals surface area (Å²) in [7, 11) is -3.69. The average Bonchev–Trinajstić information content (AvgIpc) is 3.54. The Bertz CT molecular complexity index is 1630. The smallest absolute Gasteiger partial charge is 0.219 e. The summed E-state index contributed by atoms with van der Waals surface area (Å²) in [4.78, 5) is 28.2. The zero-order valence-electron chi connectivity index (χ0n) is 20.7. The fourth-order valence-corrected chi connectivity index (χ4v) is 7.64. The van der Waals surface area contributed by atoms with Crippen molar-refractivity contribution in [2.45, 2.75) is 62.4 Å². The van der Waals surface area contributed by atoms with E-state index in [9.17, 15) is 13.2 Å². The van der Waals surface area contributed by atoms with Gasteiger partial charge in [-0.05, 0) is 38.7 Å². The fourth-order valence-electron chi connectivity index (χ4n) is 5.98. The van der Waals surface area contributed by atoms with Crippen LogP contribution in [0, 0.1) is 6.92 Å². The Balaban J connectivity index is 1.45. The molecule has 1 amide bonds. The highest BCUT2D eigenvalue weighted by atomic mass is 32.2. The molecule has 2 bridgehead atoms. The van der Waals surface area contributed by atoms with Crippen LogP contribution in [0.25, 0.3) is 28.2 Å². The molecule has 192 valence electrons. The molecule has 4 aromatic rings. The van der Waals surface area contributed by atoms with Gasteiger partial charge < -0.3 is 10.6 Å². The summed E-state index contributed by atoms with van der Waals surface area (Å²) >= 11 is 1.57. The van der Waals surface area contributed by atoms with E-state index < -0.39 is 9.84 Å². The number of hydrogen-bond acceptors (Lipinski definition) is 9. The Labute approximate surface area is 218 Å². The Kier molecular flexibility index (Phi) is 5.57. The van der Waals surface area contributed by atoms with E-state index in [0.717, 1.165) is 41.1 Å². The topological polar surface area (TPSA) is 136 Å². The van der Waals surface area contributed by atoms with Gasteiger partial charge in [0.2, 0.25) is 5.91 Å². The Morgan fingerprint density at radius 1 is 1.11 bits per heavy atom. The second-order valence-corrected chi connectivity index (χ2v) is 13.0. The van der Waals surface area contributed by atoms with Crippen LogP contribution in [-0.2, 0) is 14.6 Å². The number of amides is 1. The van der Waals surface area contributed by atoms with Gasteiger partial charge in [0.05, 0.1) is 28.3 Å². The minimum absolute atomic E-state index is 0.0303. The number of carbonyl (C=O) groups is 1. The molecule has 10 nitrogen and oxygen atoms in total. The van der Waals surface area contributed by atoms with Gasteiger partial charge in [-0.3, -0.25) is 9.78 Å². The SMILES string of the molecule is CC(=O)N1[C@@H]2CC[C@H]1CC(c1nc3c(-c4ccc(-c5csc(C)n5)nc4)cnn3c(N)c1S(C)(=O)=O)C2. The lowest BCUT2D eigenvalue weighted by Crippen LogP contribution is -2.45. The minimum Gasteiger partial charge on any atom is -0.382 e. The number of pyridine rings is 1. The standard InChI is InChI=1S/C25H27N7O3S2/c1-13-29-21(12-36-13)20-7-4-15(10-27-20)19-11-28-32-24(26)23(37(3,34)35)22(30-25(19)32)16-8-17-5-6-18(9-16)31(17)14(2)33/h4,7,10-12,16-18H,5-6,8-9,26H2,1-3H3/t16?,17-,18+. The predicted octanol–water partition coefficient (Wildman–Crippen LogP) is 3.47. The molecule has 12 heteroatoms. The first-order valence-electron chi connectivity index (χ1n) is 12.2. The van der Waals surface area contributed by atoms with Gasteiger partial charge in [0, 0.05) is 53.9 Å². The number of carbonyl (C=O) groups excluding carboxylic acids is 1. The monoisotopic (exact) mass is 537 g/mol. The molecule has 2 fully saturated rings. The molecule has 0 aliphatic carbocycles. The lowest BCUT2D eigenvalue weighted by molar-refractivity contribution is -0.133. The Morgan fingerprint density at radius 3 is 2.41 bits per heavy atom. The van der Waals surface area contributed by atoms with E-state index >= 15 is 0 Å². The van der Waals surface area contributed by atoms with Crippen LogP contribution in [-0.4, -0.2) is 62.1 Å². The van der Waals surface area contributed by atoms with Crippen molar-refractivity contribution < 1.29 is 13.2 Å². The molecule has 0 aromatic carbocycles. The quantitative estimate of drug-likeness (QED) is 0.418. The van der Waals surface area contributed by atoms with Gasteiger partial charge >= 0.3 is 0 Å². The van der Waals surface area contributed by atoms with Crippen LogP contribution in [0.5, 0.6) is 0 Å². The van der Waals surface area contributed by atoms with E-state index in [1.165, 1.54) is 4.52 Å². The summed E-state index contributed by atoms with van der Waals surface area (Å²) in [6, 6.07) is 4.01. The predicted molar refractivity (Wildman–Crippen MR) is 141 cm³/mol. The second-order valence-electron chi connectivity index (χ2n) is 9.94. The zero-order valence-corrected chi connectivity index (χ0v) is 22.4. The molecule has 1 unspecified atom stereocenters. The molecule has 3 atom stereocenters. The number of hydrogen-bond donors (Lipinski definition) is 1. The van der Waals surface area contributed by atoms with Gasteiger partial charge in [-0.2, -0.15) is 9.61 Å². The first kappa shape index (κ1) is 24.0. The third-order valence-corrected chi connectivity index (χ3v) is 9.41. The molecular formula is C25H27N7O3S2. The van der Waals surface area contributed by atoms with Crippen LogP contribution >= 0.6 is 11.3 Å². The van der Waals surface area contributed by atoms with Crippen molar-refractivity contribution >= 4 is 38.5 Å². The molecule has 0 saturated carbocycles. The summed E-state index contributed by atoms with van der Waals surface area (Å²) in [5.41, 5.74) is 10.5. The number of nitrogens with zero attached hydrogens (tertiary/aromatic N) is 6. The third-order valence-electron chi connectivity index (χ3n) is 7.47. The third kappa shape index (κ3) is 3.98. The lowest BCUT2D eigenvalue weighted by Gasteiger charge is -2.38. The number of aryl methyl sites for hydroxylation is 1. The number of aromatic nitrogens is 5. The molecule has 2 aliphatic heterocycles. The van der Waals surface area contributed by atoms with Crippen LogP contribution in [0.4, 0.5) is 5.82 Å². The highest BCUT2D eigenvalue weighted by Gasteiger charge is 2.44. The fraction of sp³-hybridized carbons (Fsp3) is 0.400. The highest BCUT2D eigenvalue weighted by Crippen LogP contribution is 2.45. The molecule has 37 heavy (non-hydrogen) atoms. The van der Waals surface area contributed by atoms with E-state index in [4.69, 9.17) is 10.7 Å². The molecule has 4 aromatic heterocycles. The van der Waals surface area contributed by atoms with Gasteiger partial charge in [0.1, 0.15) is 10.7 Å². The number of thiazole rings is 1. The molecule has 2 aliphatic rings. The van der Waals surface area contributed by atoms with Crippen molar-refractivity contribution in [3.05, 3.63) is 40.6 Å². The maximum atomic E-state index is 12.9. The van der Waals surface area contributed by atoms with Gasteiger partial charge in [-0.15, -0.1) is 11.3 Å².